The Bertz CT molecular complexity index is 1030. The van der Waals surface area contributed by atoms with Crippen molar-refractivity contribution < 1.29 is 22.7 Å². The standard InChI is InChI=1S/C22H27N3O5S/c1-16-8-9-19(31(28,29)25-10-12-30-13-11-25)14-20(16)22(27)24-17(2)21(26)23-15-18-6-4-3-5-7-18/h3-9,14,17H,10-13,15H2,1-2H3,(H,23,26)(H,24,27). The summed E-state index contributed by atoms with van der Waals surface area (Å²) in [5.41, 5.74) is 1.79. The Kier molecular flexibility index (Phi) is 7.42. The van der Waals surface area contributed by atoms with E-state index in [2.05, 4.69) is 10.6 Å². The fraction of sp³-hybridized carbons (Fsp3) is 0.364. The summed E-state index contributed by atoms with van der Waals surface area (Å²) in [6.45, 7) is 4.89. The highest BCUT2D eigenvalue weighted by Crippen LogP contribution is 2.20. The number of carbonyl (C=O) groups is 2. The largest absolute Gasteiger partial charge is 0.379 e. The zero-order chi connectivity index (χ0) is 22.4. The molecule has 1 saturated heterocycles. The Balaban J connectivity index is 1.68. The number of aryl methyl sites for hydroxylation is 1. The highest BCUT2D eigenvalue weighted by molar-refractivity contribution is 7.89. The van der Waals surface area contributed by atoms with Gasteiger partial charge in [-0.25, -0.2) is 8.42 Å². The second-order valence-electron chi connectivity index (χ2n) is 7.39. The molecule has 0 radical (unpaired) electrons. The number of nitrogens with zero attached hydrogens (tertiary/aromatic N) is 1. The van der Waals surface area contributed by atoms with Gasteiger partial charge in [-0.2, -0.15) is 4.31 Å². The number of amides is 2. The van der Waals surface area contributed by atoms with Gasteiger partial charge in [-0.3, -0.25) is 9.59 Å². The number of benzene rings is 2. The number of nitrogens with one attached hydrogen (secondary N) is 2. The van der Waals surface area contributed by atoms with Gasteiger partial charge in [0.05, 0.1) is 18.1 Å². The summed E-state index contributed by atoms with van der Waals surface area (Å²) in [5.74, 6) is -0.828. The molecule has 0 aromatic heterocycles. The summed E-state index contributed by atoms with van der Waals surface area (Å²) >= 11 is 0. The summed E-state index contributed by atoms with van der Waals surface area (Å²) in [6, 6.07) is 13.1. The zero-order valence-corrected chi connectivity index (χ0v) is 18.4. The topological polar surface area (TPSA) is 105 Å². The fourth-order valence-corrected chi connectivity index (χ4v) is 4.66. The van der Waals surface area contributed by atoms with Gasteiger partial charge in [0.25, 0.3) is 5.91 Å². The maximum Gasteiger partial charge on any atom is 0.252 e. The van der Waals surface area contributed by atoms with Crippen LogP contribution in [-0.2, 0) is 26.1 Å². The molecule has 2 N–H and O–H groups in total. The zero-order valence-electron chi connectivity index (χ0n) is 17.6. The van der Waals surface area contributed by atoms with Crippen molar-refractivity contribution in [2.75, 3.05) is 26.3 Å². The van der Waals surface area contributed by atoms with E-state index in [4.69, 9.17) is 4.74 Å². The predicted octanol–water partition coefficient (Wildman–Crippen LogP) is 1.45. The SMILES string of the molecule is Cc1ccc(S(=O)(=O)N2CCOCC2)cc1C(=O)NC(C)C(=O)NCc1ccccc1. The van der Waals surface area contributed by atoms with E-state index in [-0.39, 0.29) is 29.5 Å². The molecule has 1 fully saturated rings. The number of hydrogen-bond donors (Lipinski definition) is 2. The minimum absolute atomic E-state index is 0.0475. The molecule has 0 spiro atoms. The predicted molar refractivity (Wildman–Crippen MR) is 116 cm³/mol. The van der Waals surface area contributed by atoms with Crippen LogP contribution in [0.2, 0.25) is 0 Å². The molecule has 3 rings (SSSR count). The molecular formula is C22H27N3O5S. The van der Waals surface area contributed by atoms with Gasteiger partial charge in [0.1, 0.15) is 6.04 Å². The first-order valence-corrected chi connectivity index (χ1v) is 11.5. The van der Waals surface area contributed by atoms with Crippen LogP contribution in [0.25, 0.3) is 0 Å². The van der Waals surface area contributed by atoms with E-state index in [9.17, 15) is 18.0 Å². The number of ether oxygens (including phenoxy) is 1. The second-order valence-corrected chi connectivity index (χ2v) is 9.33. The number of morpholine rings is 1. The molecule has 8 nitrogen and oxygen atoms in total. The summed E-state index contributed by atoms with van der Waals surface area (Å²) in [5, 5.41) is 5.43. The summed E-state index contributed by atoms with van der Waals surface area (Å²) < 4.78 is 32.4. The fourth-order valence-electron chi connectivity index (χ4n) is 3.22. The van der Waals surface area contributed by atoms with Crippen LogP contribution in [0.1, 0.15) is 28.4 Å². The molecule has 2 amide bonds. The smallest absolute Gasteiger partial charge is 0.252 e. The molecule has 0 saturated carbocycles. The quantitative estimate of drug-likeness (QED) is 0.671. The highest BCUT2D eigenvalue weighted by Gasteiger charge is 2.28. The van der Waals surface area contributed by atoms with Crippen molar-refractivity contribution in [2.24, 2.45) is 0 Å². The molecule has 2 aromatic carbocycles. The Morgan fingerprint density at radius 1 is 1.10 bits per heavy atom. The third-order valence-electron chi connectivity index (χ3n) is 5.11. The van der Waals surface area contributed by atoms with Crippen LogP contribution in [0.5, 0.6) is 0 Å². The molecule has 2 aromatic rings. The Morgan fingerprint density at radius 3 is 2.45 bits per heavy atom. The van der Waals surface area contributed by atoms with Gasteiger partial charge in [-0.15, -0.1) is 0 Å². The number of hydrogen-bond acceptors (Lipinski definition) is 5. The molecule has 1 aliphatic heterocycles. The van der Waals surface area contributed by atoms with Crippen molar-refractivity contribution in [2.45, 2.75) is 31.3 Å². The van der Waals surface area contributed by atoms with Crippen molar-refractivity contribution >= 4 is 21.8 Å². The monoisotopic (exact) mass is 445 g/mol. The normalized spacial score (nSPS) is 15.8. The summed E-state index contributed by atoms with van der Waals surface area (Å²) in [4.78, 5) is 25.2. The average Bonchev–Trinajstić information content (AvgIpc) is 2.78. The average molecular weight is 446 g/mol. The maximum absolute atomic E-state index is 12.9. The molecular weight excluding hydrogens is 418 g/mol. The van der Waals surface area contributed by atoms with Gasteiger partial charge in [0.2, 0.25) is 15.9 Å². The lowest BCUT2D eigenvalue weighted by Crippen LogP contribution is -2.44. The summed E-state index contributed by atoms with van der Waals surface area (Å²) in [6.07, 6.45) is 0. The second kappa shape index (κ2) is 10.0. The lowest BCUT2D eigenvalue weighted by Gasteiger charge is -2.26. The van der Waals surface area contributed by atoms with Crippen LogP contribution in [0.15, 0.2) is 53.4 Å². The van der Waals surface area contributed by atoms with E-state index in [1.165, 1.54) is 16.4 Å². The minimum Gasteiger partial charge on any atom is -0.379 e. The molecule has 0 bridgehead atoms. The highest BCUT2D eigenvalue weighted by atomic mass is 32.2. The first kappa shape index (κ1) is 22.9. The van der Waals surface area contributed by atoms with Crippen molar-refractivity contribution in [1.82, 2.24) is 14.9 Å². The van der Waals surface area contributed by atoms with Crippen molar-refractivity contribution in [3.8, 4) is 0 Å². The van der Waals surface area contributed by atoms with Gasteiger partial charge >= 0.3 is 0 Å². The Hall–Kier alpha value is -2.75. The van der Waals surface area contributed by atoms with Gasteiger partial charge in [0.15, 0.2) is 0 Å². The molecule has 0 aliphatic carbocycles. The van der Waals surface area contributed by atoms with Crippen molar-refractivity contribution in [1.29, 1.82) is 0 Å². The van der Waals surface area contributed by atoms with Crippen molar-refractivity contribution in [3.63, 3.8) is 0 Å². The molecule has 31 heavy (non-hydrogen) atoms. The van der Waals surface area contributed by atoms with Crippen LogP contribution >= 0.6 is 0 Å². The van der Waals surface area contributed by atoms with Gasteiger partial charge < -0.3 is 15.4 Å². The van der Waals surface area contributed by atoms with E-state index in [0.29, 0.717) is 25.3 Å². The van der Waals surface area contributed by atoms with Crippen LogP contribution in [0.4, 0.5) is 0 Å². The third kappa shape index (κ3) is 5.69. The van der Waals surface area contributed by atoms with Crippen LogP contribution in [0.3, 0.4) is 0 Å². The third-order valence-corrected chi connectivity index (χ3v) is 7.01. The number of sulfonamides is 1. The molecule has 1 heterocycles. The molecule has 1 aliphatic rings. The maximum atomic E-state index is 12.9. The lowest BCUT2D eigenvalue weighted by molar-refractivity contribution is -0.122. The van der Waals surface area contributed by atoms with Gasteiger partial charge in [-0.05, 0) is 37.1 Å². The molecule has 166 valence electrons. The molecule has 9 heteroatoms. The van der Waals surface area contributed by atoms with E-state index in [0.717, 1.165) is 5.56 Å². The number of rotatable bonds is 7. The van der Waals surface area contributed by atoms with Crippen molar-refractivity contribution in [3.05, 3.63) is 65.2 Å². The van der Waals surface area contributed by atoms with E-state index < -0.39 is 22.0 Å². The van der Waals surface area contributed by atoms with Crippen LogP contribution < -0.4 is 10.6 Å². The van der Waals surface area contributed by atoms with Gasteiger partial charge in [0, 0.05) is 25.2 Å². The first-order valence-electron chi connectivity index (χ1n) is 10.1. The Labute approximate surface area is 182 Å². The van der Waals surface area contributed by atoms with E-state index in [1.807, 2.05) is 30.3 Å². The van der Waals surface area contributed by atoms with Crippen LogP contribution in [-0.4, -0.2) is 56.9 Å². The number of carbonyl (C=O) groups excluding carboxylic acids is 2. The summed E-state index contributed by atoms with van der Waals surface area (Å²) in [7, 11) is -3.72. The molecule has 1 unspecified atom stereocenters. The lowest BCUT2D eigenvalue weighted by atomic mass is 10.1. The van der Waals surface area contributed by atoms with Crippen LogP contribution in [0, 0.1) is 6.92 Å². The van der Waals surface area contributed by atoms with E-state index >= 15 is 0 Å². The van der Waals surface area contributed by atoms with Gasteiger partial charge in [-0.1, -0.05) is 36.4 Å². The molecule has 1 atom stereocenters. The first-order chi connectivity index (χ1) is 14.8. The minimum atomic E-state index is -3.72. The van der Waals surface area contributed by atoms with E-state index in [1.54, 1.807) is 19.9 Å². The Morgan fingerprint density at radius 2 is 1.77 bits per heavy atom.